The molecule has 3 aliphatic heterocycles. The van der Waals surface area contributed by atoms with Gasteiger partial charge in [0, 0.05) is 4.91 Å². The molecule has 0 amide bonds. The Morgan fingerprint density at radius 1 is 0.843 bits per heavy atom. The van der Waals surface area contributed by atoms with Gasteiger partial charge in [0.2, 0.25) is 12.6 Å². The highest BCUT2D eigenvalue weighted by Gasteiger charge is 2.53. The molecule has 0 saturated carbocycles. The average Bonchev–Trinajstić information content (AvgIpc) is 3.17. The van der Waals surface area contributed by atoms with Crippen LogP contribution in [0.1, 0.15) is 31.1 Å². The molecule has 3 aromatic carbocycles. The number of carbonyl (C=O) groups is 4. The normalized spacial score (nSPS) is 25.2. The lowest BCUT2D eigenvalue weighted by Gasteiger charge is -2.45. The lowest BCUT2D eigenvalue weighted by Crippen LogP contribution is -2.62. The van der Waals surface area contributed by atoms with Gasteiger partial charge >= 0.3 is 23.9 Å². The zero-order valence-corrected chi connectivity index (χ0v) is 26.9. The molecule has 260 valence electrons. The number of ether oxygens (including phenoxy) is 7. The number of nitrogens with zero attached hydrogens (tertiary/aromatic N) is 3. The van der Waals surface area contributed by atoms with Gasteiger partial charge in [0.25, 0.3) is 0 Å². The van der Waals surface area contributed by atoms with Gasteiger partial charge in [-0.15, -0.1) is 6.58 Å². The summed E-state index contributed by atoms with van der Waals surface area (Å²) >= 11 is 0. The highest BCUT2D eigenvalue weighted by molar-refractivity contribution is 5.95. The second-order valence-corrected chi connectivity index (χ2v) is 11.4. The standard InChI is InChI=1S/C37H31N3O11/c1-2-25-26-18-19-45-35(44)27(26)20-47-36(25)51-37-31(50-34(43)24-16-10-5-11-17-24)30(49-33(42)23-14-8-4-9-15-23)29(39-40-38)28(48-37)21-46-32(41)22-12-6-3-7-13-22/h2-18,20,25,28-31,36-37H,1,19,21H2/t25-,28-,29-,30+,31-,36+,37+/m1/s1. The maximum absolute atomic E-state index is 13.6. The first-order valence-corrected chi connectivity index (χ1v) is 15.8. The van der Waals surface area contributed by atoms with Crippen LogP contribution in [0.2, 0.25) is 0 Å². The number of fused-ring (bicyclic) bond motifs is 1. The molecule has 0 spiro atoms. The lowest BCUT2D eigenvalue weighted by atomic mass is 9.89. The molecule has 3 aromatic rings. The molecule has 1 saturated heterocycles. The molecule has 0 aromatic heterocycles. The number of rotatable bonds is 11. The van der Waals surface area contributed by atoms with Crippen LogP contribution in [-0.2, 0) is 38.0 Å². The zero-order valence-electron chi connectivity index (χ0n) is 26.9. The summed E-state index contributed by atoms with van der Waals surface area (Å²) in [5.41, 5.74) is 10.9. The number of cyclic esters (lactones) is 1. The van der Waals surface area contributed by atoms with Crippen molar-refractivity contribution in [2.75, 3.05) is 13.2 Å². The molecule has 0 unspecified atom stereocenters. The highest BCUT2D eigenvalue weighted by atomic mass is 16.8. The minimum atomic E-state index is -1.59. The summed E-state index contributed by atoms with van der Waals surface area (Å²) in [6.45, 7) is 3.40. The van der Waals surface area contributed by atoms with Crippen LogP contribution in [0.15, 0.2) is 132 Å². The maximum Gasteiger partial charge on any atom is 0.341 e. The largest absolute Gasteiger partial charge is 0.471 e. The number of esters is 4. The number of azide groups is 1. The van der Waals surface area contributed by atoms with E-state index < -0.39 is 73.3 Å². The van der Waals surface area contributed by atoms with Gasteiger partial charge in [-0.2, -0.15) is 0 Å². The van der Waals surface area contributed by atoms with E-state index in [9.17, 15) is 24.7 Å². The minimum absolute atomic E-state index is 0.0139. The predicted molar refractivity (Wildman–Crippen MR) is 176 cm³/mol. The van der Waals surface area contributed by atoms with Crippen molar-refractivity contribution in [3.63, 3.8) is 0 Å². The highest BCUT2D eigenvalue weighted by Crippen LogP contribution is 2.38. The Kier molecular flexibility index (Phi) is 10.9. The van der Waals surface area contributed by atoms with E-state index in [0.717, 1.165) is 0 Å². The first kappa shape index (κ1) is 34.6. The van der Waals surface area contributed by atoms with Gasteiger partial charge in [-0.05, 0) is 53.6 Å². The Morgan fingerprint density at radius 2 is 1.41 bits per heavy atom. The Bertz CT molecular complexity index is 1880. The fourth-order valence-electron chi connectivity index (χ4n) is 5.74. The van der Waals surface area contributed by atoms with E-state index in [4.69, 9.17) is 33.2 Å². The van der Waals surface area contributed by atoms with Crippen LogP contribution in [0.5, 0.6) is 0 Å². The van der Waals surface area contributed by atoms with E-state index in [2.05, 4.69) is 16.6 Å². The van der Waals surface area contributed by atoms with Crippen molar-refractivity contribution in [3.8, 4) is 0 Å². The number of benzene rings is 3. The molecule has 14 heteroatoms. The van der Waals surface area contributed by atoms with Crippen LogP contribution >= 0.6 is 0 Å². The average molecular weight is 694 g/mol. The Labute approximate surface area is 291 Å². The number of hydrogen-bond donors (Lipinski definition) is 0. The monoisotopic (exact) mass is 693 g/mol. The molecule has 0 N–H and O–H groups in total. The fourth-order valence-corrected chi connectivity index (χ4v) is 5.74. The third kappa shape index (κ3) is 7.84. The number of carbonyl (C=O) groups excluding carboxylic acids is 4. The molecule has 14 nitrogen and oxygen atoms in total. The van der Waals surface area contributed by atoms with Crippen molar-refractivity contribution in [1.82, 2.24) is 0 Å². The van der Waals surface area contributed by atoms with Crippen LogP contribution in [0, 0.1) is 5.92 Å². The summed E-state index contributed by atoms with van der Waals surface area (Å²) in [6, 6.07) is 22.8. The minimum Gasteiger partial charge on any atom is -0.471 e. The third-order valence-electron chi connectivity index (χ3n) is 8.24. The Morgan fingerprint density at radius 3 is 1.98 bits per heavy atom. The van der Waals surface area contributed by atoms with E-state index >= 15 is 0 Å². The molecule has 7 atom stereocenters. The van der Waals surface area contributed by atoms with E-state index in [1.165, 1.54) is 36.6 Å². The van der Waals surface area contributed by atoms with Gasteiger partial charge in [0.05, 0.1) is 28.2 Å². The second kappa shape index (κ2) is 16.0. The van der Waals surface area contributed by atoms with Crippen molar-refractivity contribution in [3.05, 3.63) is 154 Å². The van der Waals surface area contributed by atoms with Gasteiger partial charge < -0.3 is 33.2 Å². The maximum atomic E-state index is 13.6. The molecular weight excluding hydrogens is 662 g/mol. The molecule has 3 aliphatic rings. The summed E-state index contributed by atoms with van der Waals surface area (Å²) in [5.74, 6) is -3.70. The molecule has 51 heavy (non-hydrogen) atoms. The van der Waals surface area contributed by atoms with Gasteiger partial charge in [0.1, 0.15) is 31.6 Å². The second-order valence-electron chi connectivity index (χ2n) is 11.4. The van der Waals surface area contributed by atoms with Crippen LogP contribution in [0.25, 0.3) is 10.4 Å². The Hall–Kier alpha value is -6.21. The summed E-state index contributed by atoms with van der Waals surface area (Å²) in [6.07, 6.45) is -2.84. The van der Waals surface area contributed by atoms with Gasteiger partial charge in [-0.1, -0.05) is 65.8 Å². The van der Waals surface area contributed by atoms with Gasteiger partial charge in [0.15, 0.2) is 12.2 Å². The van der Waals surface area contributed by atoms with Crippen molar-refractivity contribution in [2.45, 2.75) is 36.9 Å². The van der Waals surface area contributed by atoms with Gasteiger partial charge in [-0.25, -0.2) is 19.2 Å². The number of hydrogen-bond acceptors (Lipinski definition) is 12. The molecule has 3 heterocycles. The van der Waals surface area contributed by atoms with Crippen LogP contribution in [0.4, 0.5) is 0 Å². The summed E-state index contributed by atoms with van der Waals surface area (Å²) in [4.78, 5) is 55.4. The molecule has 1 fully saturated rings. The van der Waals surface area contributed by atoms with Crippen molar-refractivity contribution in [1.29, 1.82) is 0 Å². The Balaban J connectivity index is 1.38. The van der Waals surface area contributed by atoms with Crippen molar-refractivity contribution < 1.29 is 52.3 Å². The van der Waals surface area contributed by atoms with E-state index in [1.807, 2.05) is 0 Å². The molecule has 6 rings (SSSR count). The van der Waals surface area contributed by atoms with Crippen LogP contribution in [0.3, 0.4) is 0 Å². The van der Waals surface area contributed by atoms with Crippen molar-refractivity contribution in [2.24, 2.45) is 11.0 Å². The van der Waals surface area contributed by atoms with E-state index in [-0.39, 0.29) is 28.9 Å². The smallest absolute Gasteiger partial charge is 0.341 e. The molecule has 0 radical (unpaired) electrons. The first-order chi connectivity index (χ1) is 24.9. The topological polar surface area (TPSA) is 182 Å². The SMILES string of the molecule is C=C[C@@H]1C2=CCOC(=O)C2=CO[C@H]1O[C@@H]1O[C@H](COC(=O)c2ccccc2)[C@@H](N=[N+]=[N-])[C@H](OC(=O)c2ccccc2)[C@H]1OC(=O)c1ccccc1. The van der Waals surface area contributed by atoms with Crippen molar-refractivity contribution >= 4 is 23.9 Å². The van der Waals surface area contributed by atoms with Crippen LogP contribution in [-0.4, -0.2) is 74.0 Å². The van der Waals surface area contributed by atoms with Crippen LogP contribution < -0.4 is 0 Å². The lowest BCUT2D eigenvalue weighted by molar-refractivity contribution is -0.318. The summed E-state index contributed by atoms with van der Waals surface area (Å²) in [7, 11) is 0. The predicted octanol–water partition coefficient (Wildman–Crippen LogP) is 5.24. The van der Waals surface area contributed by atoms with E-state index in [0.29, 0.717) is 5.57 Å². The molecular formula is C37H31N3O11. The first-order valence-electron chi connectivity index (χ1n) is 15.8. The molecule has 0 bridgehead atoms. The summed E-state index contributed by atoms with van der Waals surface area (Å²) < 4.78 is 41.0. The zero-order chi connectivity index (χ0) is 35.7. The van der Waals surface area contributed by atoms with E-state index in [1.54, 1.807) is 72.8 Å². The third-order valence-corrected chi connectivity index (χ3v) is 8.24. The summed E-state index contributed by atoms with van der Waals surface area (Å²) in [5, 5.41) is 3.87. The fraction of sp³-hybridized carbons (Fsp3) is 0.243. The van der Waals surface area contributed by atoms with Gasteiger partial charge in [-0.3, -0.25) is 0 Å². The molecule has 0 aliphatic carbocycles. The quantitative estimate of drug-likeness (QED) is 0.0640.